The molecule has 3 rings (SSSR count). The summed E-state index contributed by atoms with van der Waals surface area (Å²) in [5.41, 5.74) is 2.72. The lowest BCUT2D eigenvalue weighted by atomic mass is 10.1. The Labute approximate surface area is 110 Å². The molecule has 0 aliphatic rings. The van der Waals surface area contributed by atoms with Gasteiger partial charge in [0.05, 0.1) is 18.4 Å². The molecule has 1 aromatic heterocycles. The standard InChI is InChI=1S/C15H12FN3/c16-14-8-4-7-13(9-14)15-10-17-18-19(15)11-12-5-2-1-3-6-12/h1-10H,11H2. The summed E-state index contributed by atoms with van der Waals surface area (Å²) >= 11 is 0. The number of halogens is 1. The van der Waals surface area contributed by atoms with Crippen molar-refractivity contribution in [2.45, 2.75) is 6.54 Å². The second kappa shape index (κ2) is 5.02. The van der Waals surface area contributed by atoms with E-state index in [1.54, 1.807) is 16.9 Å². The lowest BCUT2D eigenvalue weighted by Crippen LogP contribution is -2.03. The fraction of sp³-hybridized carbons (Fsp3) is 0.0667. The van der Waals surface area contributed by atoms with Crippen LogP contribution in [0.4, 0.5) is 4.39 Å². The molecule has 0 aliphatic carbocycles. The van der Waals surface area contributed by atoms with Crippen molar-refractivity contribution in [1.29, 1.82) is 0 Å². The average Bonchev–Trinajstić information content (AvgIpc) is 2.88. The summed E-state index contributed by atoms with van der Waals surface area (Å²) in [7, 11) is 0. The van der Waals surface area contributed by atoms with Crippen LogP contribution in [-0.4, -0.2) is 15.0 Å². The lowest BCUT2D eigenvalue weighted by Gasteiger charge is -2.06. The van der Waals surface area contributed by atoms with Gasteiger partial charge in [-0.2, -0.15) is 0 Å². The fourth-order valence-corrected chi connectivity index (χ4v) is 2.00. The van der Waals surface area contributed by atoms with E-state index >= 15 is 0 Å². The first kappa shape index (κ1) is 11.6. The first-order valence-corrected chi connectivity index (χ1v) is 6.01. The molecule has 0 aliphatic heterocycles. The quantitative estimate of drug-likeness (QED) is 0.718. The van der Waals surface area contributed by atoms with Crippen LogP contribution in [0.15, 0.2) is 60.8 Å². The monoisotopic (exact) mass is 253 g/mol. The van der Waals surface area contributed by atoms with E-state index < -0.39 is 0 Å². The van der Waals surface area contributed by atoms with Crippen LogP contribution in [0.2, 0.25) is 0 Å². The number of nitrogens with zero attached hydrogens (tertiary/aromatic N) is 3. The highest BCUT2D eigenvalue weighted by Gasteiger charge is 2.07. The van der Waals surface area contributed by atoms with Gasteiger partial charge in [0, 0.05) is 5.56 Å². The predicted octanol–water partition coefficient (Wildman–Crippen LogP) is 3.13. The Morgan fingerprint density at radius 1 is 1.00 bits per heavy atom. The highest BCUT2D eigenvalue weighted by atomic mass is 19.1. The third-order valence-corrected chi connectivity index (χ3v) is 2.91. The number of rotatable bonds is 3. The van der Waals surface area contributed by atoms with Gasteiger partial charge in [-0.05, 0) is 17.7 Å². The van der Waals surface area contributed by atoms with Crippen molar-refractivity contribution in [2.24, 2.45) is 0 Å². The molecule has 1 heterocycles. The van der Waals surface area contributed by atoms with Crippen LogP contribution in [0.1, 0.15) is 5.56 Å². The Hall–Kier alpha value is -2.49. The van der Waals surface area contributed by atoms with Gasteiger partial charge in [0.15, 0.2) is 0 Å². The van der Waals surface area contributed by atoms with Gasteiger partial charge >= 0.3 is 0 Å². The van der Waals surface area contributed by atoms with E-state index in [0.29, 0.717) is 6.54 Å². The number of hydrogen-bond donors (Lipinski definition) is 0. The molecule has 0 fully saturated rings. The van der Waals surface area contributed by atoms with E-state index in [1.165, 1.54) is 12.1 Å². The molecule has 0 radical (unpaired) electrons. The van der Waals surface area contributed by atoms with Crippen molar-refractivity contribution in [1.82, 2.24) is 15.0 Å². The smallest absolute Gasteiger partial charge is 0.123 e. The zero-order valence-corrected chi connectivity index (χ0v) is 10.2. The van der Waals surface area contributed by atoms with Crippen LogP contribution in [0.5, 0.6) is 0 Å². The Kier molecular flexibility index (Phi) is 3.06. The Balaban J connectivity index is 1.95. The van der Waals surface area contributed by atoms with E-state index in [4.69, 9.17) is 0 Å². The van der Waals surface area contributed by atoms with Gasteiger partial charge in [0.25, 0.3) is 0 Å². The van der Waals surface area contributed by atoms with Crippen molar-refractivity contribution in [3.8, 4) is 11.3 Å². The second-order valence-corrected chi connectivity index (χ2v) is 4.27. The molecular formula is C15H12FN3. The van der Waals surface area contributed by atoms with E-state index in [2.05, 4.69) is 10.3 Å². The van der Waals surface area contributed by atoms with Gasteiger partial charge in [0.2, 0.25) is 0 Å². The molecule has 0 N–H and O–H groups in total. The molecule has 2 aromatic carbocycles. The molecule has 0 unspecified atom stereocenters. The maximum Gasteiger partial charge on any atom is 0.123 e. The maximum absolute atomic E-state index is 13.3. The van der Waals surface area contributed by atoms with E-state index in [9.17, 15) is 4.39 Å². The van der Waals surface area contributed by atoms with Crippen LogP contribution in [-0.2, 0) is 6.54 Å². The molecule has 0 saturated carbocycles. The molecule has 0 atom stereocenters. The van der Waals surface area contributed by atoms with E-state index in [0.717, 1.165) is 16.8 Å². The summed E-state index contributed by atoms with van der Waals surface area (Å²) in [6, 6.07) is 16.4. The molecule has 19 heavy (non-hydrogen) atoms. The van der Waals surface area contributed by atoms with Crippen LogP contribution >= 0.6 is 0 Å². The van der Waals surface area contributed by atoms with E-state index in [1.807, 2.05) is 36.4 Å². The van der Waals surface area contributed by atoms with Crippen molar-refractivity contribution in [2.75, 3.05) is 0 Å². The molecule has 3 nitrogen and oxygen atoms in total. The van der Waals surface area contributed by atoms with Gasteiger partial charge in [-0.25, -0.2) is 9.07 Å². The Bertz CT molecular complexity index is 677. The molecule has 0 bridgehead atoms. The van der Waals surface area contributed by atoms with Crippen LogP contribution < -0.4 is 0 Å². The van der Waals surface area contributed by atoms with Crippen molar-refractivity contribution < 1.29 is 4.39 Å². The van der Waals surface area contributed by atoms with Crippen LogP contribution in [0.25, 0.3) is 11.3 Å². The number of hydrogen-bond acceptors (Lipinski definition) is 2. The van der Waals surface area contributed by atoms with Crippen molar-refractivity contribution >= 4 is 0 Å². The average molecular weight is 253 g/mol. The largest absolute Gasteiger partial charge is 0.240 e. The molecule has 0 saturated heterocycles. The molecule has 0 amide bonds. The van der Waals surface area contributed by atoms with Gasteiger partial charge < -0.3 is 0 Å². The minimum absolute atomic E-state index is 0.259. The normalized spacial score (nSPS) is 10.6. The number of aromatic nitrogens is 3. The molecule has 0 spiro atoms. The van der Waals surface area contributed by atoms with Gasteiger partial charge in [0.1, 0.15) is 5.82 Å². The fourth-order valence-electron chi connectivity index (χ4n) is 2.00. The summed E-state index contributed by atoms with van der Waals surface area (Å²) < 4.78 is 15.0. The van der Waals surface area contributed by atoms with Crippen LogP contribution in [0.3, 0.4) is 0 Å². The first-order chi connectivity index (χ1) is 9.33. The third kappa shape index (κ3) is 2.52. The topological polar surface area (TPSA) is 30.7 Å². The van der Waals surface area contributed by atoms with Gasteiger partial charge in [-0.1, -0.05) is 47.7 Å². The minimum atomic E-state index is -0.259. The maximum atomic E-state index is 13.3. The SMILES string of the molecule is Fc1cccc(-c2cnnn2Cc2ccccc2)c1. The minimum Gasteiger partial charge on any atom is -0.240 e. The molecule has 4 heteroatoms. The Morgan fingerprint density at radius 2 is 1.84 bits per heavy atom. The zero-order chi connectivity index (χ0) is 13.1. The van der Waals surface area contributed by atoms with E-state index in [-0.39, 0.29) is 5.82 Å². The van der Waals surface area contributed by atoms with Crippen LogP contribution in [0, 0.1) is 5.82 Å². The molecular weight excluding hydrogens is 241 g/mol. The van der Waals surface area contributed by atoms with Gasteiger partial charge in [-0.3, -0.25) is 0 Å². The summed E-state index contributed by atoms with van der Waals surface area (Å²) in [6.45, 7) is 0.618. The predicted molar refractivity (Wildman–Crippen MR) is 71.0 cm³/mol. The summed E-state index contributed by atoms with van der Waals surface area (Å²) in [4.78, 5) is 0. The second-order valence-electron chi connectivity index (χ2n) is 4.27. The Morgan fingerprint density at radius 3 is 2.63 bits per heavy atom. The number of benzene rings is 2. The summed E-state index contributed by atoms with van der Waals surface area (Å²) in [6.07, 6.45) is 1.65. The summed E-state index contributed by atoms with van der Waals surface area (Å²) in [5, 5.41) is 7.98. The van der Waals surface area contributed by atoms with Crippen molar-refractivity contribution in [3.05, 3.63) is 72.2 Å². The first-order valence-electron chi connectivity index (χ1n) is 6.01. The third-order valence-electron chi connectivity index (χ3n) is 2.91. The summed E-state index contributed by atoms with van der Waals surface area (Å²) in [5.74, 6) is -0.259. The molecule has 3 aromatic rings. The lowest BCUT2D eigenvalue weighted by molar-refractivity contribution is 0.626. The highest BCUT2D eigenvalue weighted by molar-refractivity contribution is 5.58. The molecule has 94 valence electrons. The van der Waals surface area contributed by atoms with Gasteiger partial charge in [-0.15, -0.1) is 5.10 Å². The van der Waals surface area contributed by atoms with Crippen molar-refractivity contribution in [3.63, 3.8) is 0 Å². The zero-order valence-electron chi connectivity index (χ0n) is 10.2. The highest BCUT2D eigenvalue weighted by Crippen LogP contribution is 2.19.